The molecule has 1 aliphatic rings. The van der Waals surface area contributed by atoms with Crippen LogP contribution >= 0.6 is 0 Å². The van der Waals surface area contributed by atoms with E-state index >= 15 is 0 Å². The van der Waals surface area contributed by atoms with Gasteiger partial charge in [0.05, 0.1) is 5.69 Å². The number of imidazole rings is 1. The second-order valence-corrected chi connectivity index (χ2v) is 3.22. The molecule has 0 atom stereocenters. The fraction of sp³-hybridized carbons (Fsp3) is 0.300. The monoisotopic (exact) mass is 176 g/mol. The summed E-state index contributed by atoms with van der Waals surface area (Å²) in [5.41, 5.74) is 1.96. The van der Waals surface area contributed by atoms with Gasteiger partial charge in [0.25, 0.3) is 0 Å². The lowest BCUT2D eigenvalue weighted by molar-refractivity contribution is 0.862. The lowest BCUT2D eigenvalue weighted by Gasteiger charge is -2.02. The number of hydrogen-bond donors (Lipinski definition) is 1. The number of H-pyrrole nitrogens is 1. The zero-order valence-electron chi connectivity index (χ0n) is 7.58. The molecule has 0 bridgehead atoms. The maximum atomic E-state index is 11.1. The van der Waals surface area contributed by atoms with Crippen LogP contribution in [0.2, 0.25) is 0 Å². The van der Waals surface area contributed by atoms with E-state index < -0.39 is 0 Å². The van der Waals surface area contributed by atoms with Crippen molar-refractivity contribution in [3.63, 3.8) is 0 Å². The first-order chi connectivity index (χ1) is 6.27. The third-order valence-electron chi connectivity index (χ3n) is 2.19. The van der Waals surface area contributed by atoms with Crippen molar-refractivity contribution < 1.29 is 0 Å². The van der Waals surface area contributed by atoms with Crippen LogP contribution < -0.4 is 5.69 Å². The van der Waals surface area contributed by atoms with Gasteiger partial charge in [-0.25, -0.2) is 4.79 Å². The standard InChI is InChI=1S/C10H12N2O/c1-12-7-9(11-10(12)13)8-5-3-2-4-6-8/h3,5-7H,2,4H2,1H3,(H,11,13). The van der Waals surface area contributed by atoms with Crippen LogP contribution in [0.1, 0.15) is 18.5 Å². The van der Waals surface area contributed by atoms with Crippen LogP contribution in [0.15, 0.2) is 29.2 Å². The molecule has 13 heavy (non-hydrogen) atoms. The second kappa shape index (κ2) is 3.09. The van der Waals surface area contributed by atoms with Gasteiger partial charge in [0.1, 0.15) is 0 Å². The molecule has 1 heterocycles. The average molecular weight is 176 g/mol. The maximum absolute atomic E-state index is 11.1. The molecule has 0 aromatic carbocycles. The molecule has 1 aromatic heterocycles. The summed E-state index contributed by atoms with van der Waals surface area (Å²) in [5.74, 6) is 0. The summed E-state index contributed by atoms with van der Waals surface area (Å²) in [6.07, 6.45) is 10.3. The third kappa shape index (κ3) is 1.49. The minimum Gasteiger partial charge on any atom is -0.306 e. The quantitative estimate of drug-likeness (QED) is 0.691. The molecule has 0 spiro atoms. The Labute approximate surface area is 76.4 Å². The number of allylic oxidation sites excluding steroid dienone is 4. The number of aromatic nitrogens is 2. The predicted molar refractivity (Wildman–Crippen MR) is 52.4 cm³/mol. The molecule has 0 unspecified atom stereocenters. The normalized spacial score (nSPS) is 15.9. The topological polar surface area (TPSA) is 37.8 Å². The van der Waals surface area contributed by atoms with E-state index in [1.165, 1.54) is 0 Å². The van der Waals surface area contributed by atoms with Gasteiger partial charge in [0.15, 0.2) is 0 Å². The number of rotatable bonds is 1. The molecular formula is C10H12N2O. The first-order valence-corrected chi connectivity index (χ1v) is 4.40. The number of aromatic amines is 1. The zero-order chi connectivity index (χ0) is 9.26. The van der Waals surface area contributed by atoms with E-state index in [2.05, 4.69) is 23.2 Å². The van der Waals surface area contributed by atoms with Gasteiger partial charge in [-0.2, -0.15) is 0 Å². The molecule has 1 N–H and O–H groups in total. The van der Waals surface area contributed by atoms with Crippen molar-refractivity contribution in [1.82, 2.24) is 9.55 Å². The fourth-order valence-corrected chi connectivity index (χ4v) is 1.45. The molecule has 1 aromatic rings. The number of nitrogens with zero attached hydrogens (tertiary/aromatic N) is 1. The summed E-state index contributed by atoms with van der Waals surface area (Å²) >= 11 is 0. The summed E-state index contributed by atoms with van der Waals surface area (Å²) in [7, 11) is 1.75. The van der Waals surface area contributed by atoms with Crippen LogP contribution in [0.25, 0.3) is 5.57 Å². The molecule has 0 saturated heterocycles. The first kappa shape index (κ1) is 8.10. The van der Waals surface area contributed by atoms with Gasteiger partial charge in [-0.15, -0.1) is 0 Å². The van der Waals surface area contributed by atoms with Crippen molar-refractivity contribution in [1.29, 1.82) is 0 Å². The van der Waals surface area contributed by atoms with Crippen LogP contribution in [0.5, 0.6) is 0 Å². The molecule has 0 radical (unpaired) electrons. The Morgan fingerprint density at radius 2 is 2.31 bits per heavy atom. The smallest absolute Gasteiger partial charge is 0.306 e. The Kier molecular flexibility index (Phi) is 1.93. The highest BCUT2D eigenvalue weighted by Gasteiger charge is 2.04. The minimum absolute atomic E-state index is 0.0603. The highest BCUT2D eigenvalue weighted by Crippen LogP contribution is 2.17. The van der Waals surface area contributed by atoms with E-state index in [4.69, 9.17) is 0 Å². The Hall–Kier alpha value is -1.51. The van der Waals surface area contributed by atoms with E-state index in [1.54, 1.807) is 11.6 Å². The van der Waals surface area contributed by atoms with E-state index in [0.29, 0.717) is 0 Å². The van der Waals surface area contributed by atoms with Gasteiger partial charge in [0, 0.05) is 13.2 Å². The van der Waals surface area contributed by atoms with Gasteiger partial charge in [0.2, 0.25) is 0 Å². The molecule has 2 rings (SSSR count). The molecule has 68 valence electrons. The van der Waals surface area contributed by atoms with Gasteiger partial charge in [-0.3, -0.25) is 0 Å². The first-order valence-electron chi connectivity index (χ1n) is 4.40. The lowest BCUT2D eigenvalue weighted by Crippen LogP contribution is -2.11. The van der Waals surface area contributed by atoms with E-state index in [0.717, 1.165) is 24.1 Å². The van der Waals surface area contributed by atoms with Crippen LogP contribution in [0, 0.1) is 0 Å². The molecule has 0 saturated carbocycles. The number of nitrogens with one attached hydrogen (secondary N) is 1. The largest absolute Gasteiger partial charge is 0.325 e. The summed E-state index contributed by atoms with van der Waals surface area (Å²) in [6.45, 7) is 0. The highest BCUT2D eigenvalue weighted by atomic mass is 16.1. The third-order valence-corrected chi connectivity index (χ3v) is 2.19. The average Bonchev–Trinajstić information content (AvgIpc) is 2.49. The van der Waals surface area contributed by atoms with Crippen LogP contribution in [-0.4, -0.2) is 9.55 Å². The van der Waals surface area contributed by atoms with Gasteiger partial charge >= 0.3 is 5.69 Å². The van der Waals surface area contributed by atoms with E-state index in [-0.39, 0.29) is 5.69 Å². The molecular weight excluding hydrogens is 164 g/mol. The van der Waals surface area contributed by atoms with E-state index in [1.807, 2.05) is 6.20 Å². The lowest BCUT2D eigenvalue weighted by atomic mass is 10.1. The Bertz CT molecular complexity index is 420. The summed E-state index contributed by atoms with van der Waals surface area (Å²) in [5, 5.41) is 0. The number of hydrogen-bond acceptors (Lipinski definition) is 1. The summed E-state index contributed by atoms with van der Waals surface area (Å²) < 4.78 is 1.55. The molecule has 1 aliphatic carbocycles. The molecule has 3 nitrogen and oxygen atoms in total. The maximum Gasteiger partial charge on any atom is 0.325 e. The number of aryl methyl sites for hydroxylation is 1. The molecule has 0 fully saturated rings. The molecule has 0 aliphatic heterocycles. The van der Waals surface area contributed by atoms with Gasteiger partial charge in [-0.05, 0) is 18.4 Å². The molecule has 0 amide bonds. The van der Waals surface area contributed by atoms with Crippen molar-refractivity contribution in [2.45, 2.75) is 12.8 Å². The van der Waals surface area contributed by atoms with Crippen LogP contribution in [0.4, 0.5) is 0 Å². The summed E-state index contributed by atoms with van der Waals surface area (Å²) in [4.78, 5) is 13.9. The zero-order valence-corrected chi connectivity index (χ0v) is 7.58. The minimum atomic E-state index is -0.0603. The van der Waals surface area contributed by atoms with Crippen molar-refractivity contribution in [3.05, 3.63) is 40.6 Å². The fourth-order valence-electron chi connectivity index (χ4n) is 1.45. The van der Waals surface area contributed by atoms with Crippen molar-refractivity contribution in [3.8, 4) is 0 Å². The van der Waals surface area contributed by atoms with Gasteiger partial charge in [-0.1, -0.05) is 18.2 Å². The second-order valence-electron chi connectivity index (χ2n) is 3.22. The Balaban J connectivity index is 2.40. The predicted octanol–water partition coefficient (Wildman–Crippen LogP) is 1.45. The van der Waals surface area contributed by atoms with Gasteiger partial charge < -0.3 is 9.55 Å². The Morgan fingerprint density at radius 3 is 2.85 bits per heavy atom. The highest BCUT2D eigenvalue weighted by molar-refractivity contribution is 5.71. The van der Waals surface area contributed by atoms with Crippen molar-refractivity contribution in [2.75, 3.05) is 0 Å². The van der Waals surface area contributed by atoms with Crippen molar-refractivity contribution >= 4 is 5.57 Å². The van der Waals surface area contributed by atoms with Crippen LogP contribution in [-0.2, 0) is 7.05 Å². The SMILES string of the molecule is Cn1cc(C2=CCCC=C2)[nH]c1=O. The Morgan fingerprint density at radius 1 is 1.46 bits per heavy atom. The van der Waals surface area contributed by atoms with E-state index in [9.17, 15) is 4.79 Å². The van der Waals surface area contributed by atoms with Crippen molar-refractivity contribution in [2.24, 2.45) is 7.05 Å². The molecule has 3 heteroatoms. The summed E-state index contributed by atoms with van der Waals surface area (Å²) in [6, 6.07) is 0. The van der Waals surface area contributed by atoms with Crippen LogP contribution in [0.3, 0.4) is 0 Å².